The molecule has 2 N–H and O–H groups in total. The second-order valence-electron chi connectivity index (χ2n) is 7.13. The summed E-state index contributed by atoms with van der Waals surface area (Å²) in [5, 5.41) is 49.1. The average molecular weight is 451 g/mol. The minimum Gasteiger partial charge on any atom is -0.569 e. The number of hydrogen-bond acceptors (Lipinski definition) is 4. The summed E-state index contributed by atoms with van der Waals surface area (Å²) in [7, 11) is 0. The van der Waals surface area contributed by atoms with Crippen LogP contribution < -0.4 is 59.1 Å². The Morgan fingerprint density at radius 1 is 0.567 bits per heavy atom. The minimum absolute atomic E-state index is 0. The molecule has 0 radical (unpaired) electrons. The summed E-state index contributed by atoms with van der Waals surface area (Å²) in [4.78, 5) is 0.532. The molecule has 12 heteroatoms. The standard InChI is InChI=1S/C18H40N6O4.2Na/c1-3-5-7-11-15-21(23(27)19-25)17-13-9-10-14-18-22(24(28)20-26)16-12-8-6-4-2;;/h25-26H,3-18H2,1-2H3;;/q;2*+1. The van der Waals surface area contributed by atoms with Crippen LogP contribution in [0.25, 0.3) is 0 Å². The van der Waals surface area contributed by atoms with Gasteiger partial charge in [0, 0.05) is 0 Å². The SMILES string of the molecule is CCCCCCN(CCCCCCN(CCCCCC)[N+]([O-])=NO)[N+]([O-])=NO.[Na+].[Na+]. The number of unbranched alkanes of at least 4 members (excludes halogenated alkanes) is 9. The van der Waals surface area contributed by atoms with E-state index in [1.807, 2.05) is 0 Å². The minimum atomic E-state index is 0. The third-order valence-electron chi connectivity index (χ3n) is 4.76. The smallest absolute Gasteiger partial charge is 0.569 e. The van der Waals surface area contributed by atoms with Crippen molar-refractivity contribution in [3.05, 3.63) is 10.4 Å². The monoisotopic (exact) mass is 450 g/mol. The van der Waals surface area contributed by atoms with E-state index in [2.05, 4.69) is 24.4 Å². The molecule has 0 aliphatic rings. The molecular formula is C18H40N6Na2O4+2. The quantitative estimate of drug-likeness (QED) is 0.0842. The maximum atomic E-state index is 11.6. The van der Waals surface area contributed by atoms with Crippen LogP contribution in [0, 0.1) is 10.4 Å². The maximum Gasteiger partial charge on any atom is 1.00 e. The third-order valence-corrected chi connectivity index (χ3v) is 4.76. The molecule has 0 rings (SSSR count). The van der Waals surface area contributed by atoms with Crippen LogP contribution in [-0.2, 0) is 0 Å². The number of hydrazine groups is 2. The summed E-state index contributed by atoms with van der Waals surface area (Å²) in [5.41, 5.74) is 0. The molecular weight excluding hydrogens is 410 g/mol. The van der Waals surface area contributed by atoms with Gasteiger partial charge in [-0.05, 0) is 25.7 Å². The van der Waals surface area contributed by atoms with E-state index in [4.69, 9.17) is 10.4 Å². The maximum absolute atomic E-state index is 11.6. The van der Waals surface area contributed by atoms with Gasteiger partial charge in [0.25, 0.3) is 0 Å². The van der Waals surface area contributed by atoms with Gasteiger partial charge in [0.1, 0.15) is 0 Å². The molecule has 0 aromatic carbocycles. The molecule has 0 aromatic heterocycles. The predicted molar refractivity (Wildman–Crippen MR) is 106 cm³/mol. The van der Waals surface area contributed by atoms with Gasteiger partial charge in [-0.2, -0.15) is 0 Å². The van der Waals surface area contributed by atoms with Gasteiger partial charge in [0.05, 0.1) is 36.1 Å². The molecule has 0 amide bonds. The summed E-state index contributed by atoms with van der Waals surface area (Å²) < 4.78 is 0. The van der Waals surface area contributed by atoms with Gasteiger partial charge in [-0.15, -0.1) is 10.0 Å². The molecule has 0 bridgehead atoms. The van der Waals surface area contributed by atoms with Crippen molar-refractivity contribution in [3.63, 3.8) is 0 Å². The summed E-state index contributed by atoms with van der Waals surface area (Å²) in [6, 6.07) is 0. The first-order valence-corrected chi connectivity index (χ1v) is 10.7. The van der Waals surface area contributed by atoms with Gasteiger partial charge in [-0.25, -0.2) is 0 Å². The summed E-state index contributed by atoms with van der Waals surface area (Å²) in [6.07, 6.45) is 11.9. The van der Waals surface area contributed by atoms with Crippen LogP contribution in [0.5, 0.6) is 0 Å². The Kier molecular flexibility index (Phi) is 29.1. The summed E-state index contributed by atoms with van der Waals surface area (Å²) in [6.45, 7) is 6.52. The van der Waals surface area contributed by atoms with Crippen molar-refractivity contribution in [3.8, 4) is 0 Å². The van der Waals surface area contributed by atoms with Crippen molar-refractivity contribution in [2.24, 2.45) is 10.6 Å². The van der Waals surface area contributed by atoms with Gasteiger partial charge in [-0.3, -0.25) is 0 Å². The average Bonchev–Trinajstić information content (AvgIpc) is 2.72. The Labute approximate surface area is 226 Å². The van der Waals surface area contributed by atoms with Crippen LogP contribution in [0.1, 0.15) is 90.9 Å². The second kappa shape index (κ2) is 25.3. The Morgan fingerprint density at radius 2 is 0.833 bits per heavy atom. The van der Waals surface area contributed by atoms with E-state index in [1.54, 1.807) is 0 Å². The Bertz CT molecular complexity index is 395. The number of nitrogens with zero attached hydrogens (tertiary/aromatic N) is 6. The van der Waals surface area contributed by atoms with Crippen molar-refractivity contribution < 1.29 is 79.5 Å². The largest absolute Gasteiger partial charge is 1.00 e. The first-order valence-electron chi connectivity index (χ1n) is 10.7. The molecule has 0 aromatic rings. The van der Waals surface area contributed by atoms with Crippen molar-refractivity contribution >= 4 is 0 Å². The molecule has 0 fully saturated rings. The van der Waals surface area contributed by atoms with E-state index in [0.717, 1.165) is 77.0 Å². The zero-order chi connectivity index (χ0) is 21.0. The molecule has 0 aliphatic heterocycles. The van der Waals surface area contributed by atoms with Crippen LogP contribution in [0.2, 0.25) is 0 Å². The molecule has 0 saturated carbocycles. The summed E-state index contributed by atoms with van der Waals surface area (Å²) >= 11 is 0. The van der Waals surface area contributed by atoms with Crippen LogP contribution in [-0.4, -0.2) is 56.6 Å². The molecule has 0 heterocycles. The van der Waals surface area contributed by atoms with Crippen LogP contribution in [0.4, 0.5) is 0 Å². The Balaban J connectivity index is -0.00000364. The van der Waals surface area contributed by atoms with E-state index < -0.39 is 0 Å². The van der Waals surface area contributed by atoms with Gasteiger partial charge in [0.2, 0.25) is 10.6 Å². The van der Waals surface area contributed by atoms with Crippen molar-refractivity contribution in [1.82, 2.24) is 10.0 Å². The predicted octanol–water partition coefficient (Wildman–Crippen LogP) is -1.15. The number of hydrogen-bond donors (Lipinski definition) is 2. The van der Waals surface area contributed by atoms with Crippen molar-refractivity contribution in [1.29, 1.82) is 0 Å². The van der Waals surface area contributed by atoms with Gasteiger partial charge in [0.15, 0.2) is 0 Å². The van der Waals surface area contributed by atoms with Crippen molar-refractivity contribution in [2.75, 3.05) is 26.2 Å². The molecule has 0 aliphatic carbocycles. The first kappa shape index (κ1) is 34.6. The normalized spacial score (nSPS) is 11.5. The zero-order valence-electron chi connectivity index (χ0n) is 19.7. The van der Waals surface area contributed by atoms with E-state index in [-0.39, 0.29) is 69.1 Å². The van der Waals surface area contributed by atoms with Crippen LogP contribution in [0.15, 0.2) is 10.6 Å². The Hall–Kier alpha value is 0.000000000000000222. The molecule has 166 valence electrons. The van der Waals surface area contributed by atoms with Gasteiger partial charge < -0.3 is 20.8 Å². The molecule has 0 spiro atoms. The first-order chi connectivity index (χ1) is 13.6. The van der Waals surface area contributed by atoms with E-state index >= 15 is 0 Å². The van der Waals surface area contributed by atoms with Gasteiger partial charge in [-0.1, -0.05) is 65.2 Å². The Morgan fingerprint density at radius 3 is 1.07 bits per heavy atom. The van der Waals surface area contributed by atoms with E-state index in [1.165, 1.54) is 10.0 Å². The fourth-order valence-electron chi connectivity index (χ4n) is 3.06. The summed E-state index contributed by atoms with van der Waals surface area (Å²) in [5.74, 6) is 0. The zero-order valence-corrected chi connectivity index (χ0v) is 23.7. The van der Waals surface area contributed by atoms with Crippen LogP contribution >= 0.6 is 0 Å². The fraction of sp³-hybridized carbons (Fsp3) is 1.00. The van der Waals surface area contributed by atoms with Crippen LogP contribution in [0.3, 0.4) is 0 Å². The van der Waals surface area contributed by atoms with Gasteiger partial charge >= 0.3 is 59.1 Å². The third kappa shape index (κ3) is 18.7. The molecule has 0 atom stereocenters. The van der Waals surface area contributed by atoms with E-state index in [0.29, 0.717) is 26.2 Å². The van der Waals surface area contributed by atoms with E-state index in [9.17, 15) is 10.4 Å². The topological polar surface area (TPSA) is 124 Å². The van der Waals surface area contributed by atoms with Crippen molar-refractivity contribution in [2.45, 2.75) is 90.9 Å². The molecule has 10 nitrogen and oxygen atoms in total. The molecule has 30 heavy (non-hydrogen) atoms. The number of rotatable bonds is 19. The molecule has 0 unspecified atom stereocenters. The fourth-order valence-corrected chi connectivity index (χ4v) is 3.06. The second-order valence-corrected chi connectivity index (χ2v) is 7.13. The molecule has 0 saturated heterocycles.